The molecule has 0 amide bonds. The molecule has 3 heterocycles. The maximum Gasteiger partial charge on any atom is 0.158 e. The van der Waals surface area contributed by atoms with Crippen molar-refractivity contribution in [3.8, 4) is 0 Å². The quantitative estimate of drug-likeness (QED) is 0.691. The molecule has 1 saturated heterocycles. The molecule has 5 heteroatoms. The SMILES string of the molecule is Cc1cc2nc(N3CCCSCC3)c3ccccc3n2n1. The summed E-state index contributed by atoms with van der Waals surface area (Å²) in [6, 6.07) is 10.5. The van der Waals surface area contributed by atoms with Crippen LogP contribution in [0.2, 0.25) is 0 Å². The van der Waals surface area contributed by atoms with Crippen molar-refractivity contribution in [2.75, 3.05) is 29.5 Å². The maximum absolute atomic E-state index is 4.91. The number of fused-ring (bicyclic) bond motifs is 3. The second-order valence-electron chi connectivity index (χ2n) is 5.46. The summed E-state index contributed by atoms with van der Waals surface area (Å²) >= 11 is 2.04. The van der Waals surface area contributed by atoms with Gasteiger partial charge in [-0.05, 0) is 31.2 Å². The molecule has 1 fully saturated rings. The Morgan fingerprint density at radius 1 is 1.14 bits per heavy atom. The Labute approximate surface area is 128 Å². The predicted octanol–water partition coefficient (Wildman–Crippen LogP) is 3.13. The Balaban J connectivity index is 1.96. The molecule has 3 aromatic rings. The van der Waals surface area contributed by atoms with Crippen molar-refractivity contribution in [2.45, 2.75) is 13.3 Å². The zero-order valence-electron chi connectivity index (χ0n) is 12.1. The first kappa shape index (κ1) is 13.0. The van der Waals surface area contributed by atoms with Crippen molar-refractivity contribution >= 4 is 34.1 Å². The highest BCUT2D eigenvalue weighted by Gasteiger charge is 2.17. The molecule has 0 aliphatic carbocycles. The Kier molecular flexibility index (Phi) is 3.22. The van der Waals surface area contributed by atoms with Crippen LogP contribution >= 0.6 is 11.8 Å². The summed E-state index contributed by atoms with van der Waals surface area (Å²) in [5.41, 5.74) is 3.09. The lowest BCUT2D eigenvalue weighted by molar-refractivity contribution is 0.804. The van der Waals surface area contributed by atoms with E-state index in [2.05, 4.69) is 40.3 Å². The van der Waals surface area contributed by atoms with Crippen molar-refractivity contribution in [2.24, 2.45) is 0 Å². The van der Waals surface area contributed by atoms with E-state index in [1.54, 1.807) is 0 Å². The lowest BCUT2D eigenvalue weighted by Crippen LogP contribution is -2.27. The van der Waals surface area contributed by atoms with Crippen LogP contribution in [0.3, 0.4) is 0 Å². The normalized spacial score (nSPS) is 16.5. The van der Waals surface area contributed by atoms with E-state index in [4.69, 9.17) is 4.98 Å². The number of anilines is 1. The van der Waals surface area contributed by atoms with Gasteiger partial charge in [0.15, 0.2) is 5.65 Å². The second kappa shape index (κ2) is 5.22. The number of hydrogen-bond donors (Lipinski definition) is 0. The van der Waals surface area contributed by atoms with Gasteiger partial charge in [-0.1, -0.05) is 12.1 Å². The summed E-state index contributed by atoms with van der Waals surface area (Å²) in [4.78, 5) is 7.34. The number of benzene rings is 1. The number of rotatable bonds is 1. The lowest BCUT2D eigenvalue weighted by Gasteiger charge is -2.23. The molecule has 0 bridgehead atoms. The van der Waals surface area contributed by atoms with E-state index < -0.39 is 0 Å². The van der Waals surface area contributed by atoms with Crippen molar-refractivity contribution in [3.63, 3.8) is 0 Å². The Morgan fingerprint density at radius 3 is 3.00 bits per heavy atom. The van der Waals surface area contributed by atoms with Gasteiger partial charge in [0.2, 0.25) is 0 Å². The van der Waals surface area contributed by atoms with E-state index in [1.807, 2.05) is 23.2 Å². The van der Waals surface area contributed by atoms with Crippen LogP contribution in [-0.4, -0.2) is 39.2 Å². The molecule has 1 aliphatic heterocycles. The van der Waals surface area contributed by atoms with Gasteiger partial charge >= 0.3 is 0 Å². The fourth-order valence-corrected chi connectivity index (χ4v) is 3.84. The lowest BCUT2D eigenvalue weighted by atomic mass is 10.2. The molecule has 1 aliphatic rings. The van der Waals surface area contributed by atoms with Gasteiger partial charge in [0, 0.05) is 30.3 Å². The molecule has 0 spiro atoms. The van der Waals surface area contributed by atoms with Gasteiger partial charge in [-0.15, -0.1) is 0 Å². The molecule has 0 radical (unpaired) electrons. The third kappa shape index (κ3) is 2.25. The first-order valence-corrected chi connectivity index (χ1v) is 8.56. The molecule has 4 rings (SSSR count). The fraction of sp³-hybridized carbons (Fsp3) is 0.375. The van der Waals surface area contributed by atoms with E-state index in [0.29, 0.717) is 0 Å². The summed E-state index contributed by atoms with van der Waals surface area (Å²) in [6.45, 7) is 4.18. The number of thioether (sulfide) groups is 1. The number of nitrogens with zero attached hydrogens (tertiary/aromatic N) is 4. The van der Waals surface area contributed by atoms with Crippen LogP contribution in [0.4, 0.5) is 5.82 Å². The first-order chi connectivity index (χ1) is 10.3. The second-order valence-corrected chi connectivity index (χ2v) is 6.69. The molecular formula is C16H18N4S. The standard InChI is InChI=1S/C16H18N4S/c1-12-11-15-17-16(19-7-4-9-21-10-8-19)13-5-2-3-6-14(13)20(15)18-12/h2-3,5-6,11H,4,7-10H2,1H3. The minimum absolute atomic E-state index is 0.943. The zero-order valence-corrected chi connectivity index (χ0v) is 12.9. The summed E-state index contributed by atoms with van der Waals surface area (Å²) in [5, 5.41) is 5.77. The molecular weight excluding hydrogens is 280 g/mol. The number of aromatic nitrogens is 3. The number of para-hydroxylation sites is 1. The molecule has 0 unspecified atom stereocenters. The van der Waals surface area contributed by atoms with Crippen LogP contribution in [0.25, 0.3) is 16.6 Å². The van der Waals surface area contributed by atoms with Gasteiger partial charge < -0.3 is 4.90 Å². The van der Waals surface area contributed by atoms with E-state index >= 15 is 0 Å². The highest BCUT2D eigenvalue weighted by molar-refractivity contribution is 7.99. The minimum Gasteiger partial charge on any atom is -0.355 e. The van der Waals surface area contributed by atoms with Crippen LogP contribution in [0.5, 0.6) is 0 Å². The van der Waals surface area contributed by atoms with Gasteiger partial charge in [0.1, 0.15) is 5.82 Å². The summed E-state index contributed by atoms with van der Waals surface area (Å²) in [7, 11) is 0. The number of aryl methyl sites for hydroxylation is 1. The van der Waals surface area contributed by atoms with Gasteiger partial charge in [0.05, 0.1) is 11.2 Å². The summed E-state index contributed by atoms with van der Waals surface area (Å²) in [5.74, 6) is 3.54. The highest BCUT2D eigenvalue weighted by Crippen LogP contribution is 2.27. The van der Waals surface area contributed by atoms with Gasteiger partial charge in [0.25, 0.3) is 0 Å². The van der Waals surface area contributed by atoms with Crippen LogP contribution in [0.15, 0.2) is 30.3 Å². The topological polar surface area (TPSA) is 33.4 Å². The minimum atomic E-state index is 0.943. The Hall–Kier alpha value is -1.75. The highest BCUT2D eigenvalue weighted by atomic mass is 32.2. The molecule has 2 aromatic heterocycles. The third-order valence-corrected chi connectivity index (χ3v) is 4.98. The monoisotopic (exact) mass is 298 g/mol. The maximum atomic E-state index is 4.91. The largest absolute Gasteiger partial charge is 0.355 e. The molecule has 0 atom stereocenters. The predicted molar refractivity (Wildman–Crippen MR) is 89.4 cm³/mol. The van der Waals surface area contributed by atoms with Gasteiger partial charge in [-0.2, -0.15) is 16.9 Å². The third-order valence-electron chi connectivity index (χ3n) is 3.93. The van der Waals surface area contributed by atoms with Crippen LogP contribution in [-0.2, 0) is 0 Å². The Bertz CT molecular complexity index is 787. The van der Waals surface area contributed by atoms with Crippen molar-refractivity contribution < 1.29 is 0 Å². The molecule has 21 heavy (non-hydrogen) atoms. The van der Waals surface area contributed by atoms with Crippen molar-refractivity contribution in [1.29, 1.82) is 0 Å². The smallest absolute Gasteiger partial charge is 0.158 e. The molecule has 108 valence electrons. The first-order valence-electron chi connectivity index (χ1n) is 7.41. The summed E-state index contributed by atoms with van der Waals surface area (Å²) in [6.07, 6.45) is 1.23. The molecule has 4 nitrogen and oxygen atoms in total. The summed E-state index contributed by atoms with van der Waals surface area (Å²) < 4.78 is 1.96. The van der Waals surface area contributed by atoms with Crippen LogP contribution in [0, 0.1) is 6.92 Å². The van der Waals surface area contributed by atoms with Gasteiger partial charge in [-0.25, -0.2) is 9.50 Å². The number of hydrogen-bond acceptors (Lipinski definition) is 4. The Morgan fingerprint density at radius 2 is 2.05 bits per heavy atom. The molecule has 0 N–H and O–H groups in total. The molecule has 1 aromatic carbocycles. The van der Waals surface area contributed by atoms with Crippen molar-refractivity contribution in [3.05, 3.63) is 36.0 Å². The van der Waals surface area contributed by atoms with Crippen LogP contribution in [0.1, 0.15) is 12.1 Å². The van der Waals surface area contributed by atoms with Crippen molar-refractivity contribution in [1.82, 2.24) is 14.6 Å². The van der Waals surface area contributed by atoms with Crippen LogP contribution < -0.4 is 4.90 Å². The fourth-order valence-electron chi connectivity index (χ4n) is 2.96. The van der Waals surface area contributed by atoms with E-state index in [0.717, 1.165) is 35.8 Å². The van der Waals surface area contributed by atoms with E-state index in [1.165, 1.54) is 23.3 Å². The van der Waals surface area contributed by atoms with Gasteiger partial charge in [-0.3, -0.25) is 0 Å². The van der Waals surface area contributed by atoms with E-state index in [9.17, 15) is 0 Å². The zero-order chi connectivity index (χ0) is 14.2. The average molecular weight is 298 g/mol. The average Bonchev–Trinajstić information content (AvgIpc) is 2.72. The molecule has 0 saturated carbocycles. The van der Waals surface area contributed by atoms with E-state index in [-0.39, 0.29) is 0 Å².